The van der Waals surface area contributed by atoms with Crippen LogP contribution in [-0.4, -0.2) is 43.6 Å². The van der Waals surface area contributed by atoms with E-state index in [2.05, 4.69) is 5.32 Å². The van der Waals surface area contributed by atoms with Gasteiger partial charge in [-0.15, -0.1) is 0 Å². The number of carbonyl (C=O) groups is 3. The number of aliphatic carboxylic acids is 1. The quantitative estimate of drug-likeness (QED) is 0.624. The molecule has 114 valence electrons. The largest absolute Gasteiger partial charge is 0.480 e. The average Bonchev–Trinajstić information content (AvgIpc) is 2.36. The second-order valence-corrected chi connectivity index (χ2v) is 6.35. The van der Waals surface area contributed by atoms with Crippen molar-refractivity contribution in [2.24, 2.45) is 5.73 Å². The Balaban J connectivity index is 2.98. The van der Waals surface area contributed by atoms with Crippen LogP contribution in [0.4, 0.5) is 0 Å². The highest BCUT2D eigenvalue weighted by atomic mass is 32.2. The molecule has 0 aromatic heterocycles. The summed E-state index contributed by atoms with van der Waals surface area (Å²) in [6, 6.07) is 3.64. The van der Waals surface area contributed by atoms with E-state index in [0.29, 0.717) is 0 Å². The van der Waals surface area contributed by atoms with E-state index in [1.807, 2.05) is 0 Å². The van der Waals surface area contributed by atoms with Gasteiger partial charge in [-0.25, -0.2) is 13.2 Å². The number of hydrogen-bond donors (Lipinski definition) is 3. The monoisotopic (exact) mass is 314 g/mol. The predicted molar refractivity (Wildman–Crippen MR) is 72.3 cm³/mol. The number of carboxylic acid groups (broad SMARTS) is 1. The molecule has 0 radical (unpaired) electrons. The van der Waals surface area contributed by atoms with Gasteiger partial charge in [-0.1, -0.05) is 6.07 Å². The number of rotatable bonds is 6. The first kappa shape index (κ1) is 16.6. The molecular weight excluding hydrogens is 300 g/mol. The molecule has 1 atom stereocenters. The van der Waals surface area contributed by atoms with Gasteiger partial charge in [0.25, 0.3) is 5.91 Å². The lowest BCUT2D eigenvalue weighted by molar-refractivity contribution is -0.140. The fraction of sp³-hybridized carbons (Fsp3) is 0.250. The van der Waals surface area contributed by atoms with Gasteiger partial charge in [0.15, 0.2) is 9.84 Å². The molecular formula is C12H14N2O6S. The van der Waals surface area contributed by atoms with Crippen LogP contribution in [-0.2, 0) is 19.4 Å². The molecule has 9 heteroatoms. The summed E-state index contributed by atoms with van der Waals surface area (Å²) < 4.78 is 22.8. The maximum atomic E-state index is 11.9. The zero-order valence-corrected chi connectivity index (χ0v) is 11.9. The molecule has 8 nitrogen and oxygen atoms in total. The first-order valence-electron chi connectivity index (χ1n) is 5.73. The number of nitrogens with one attached hydrogen (secondary N) is 1. The van der Waals surface area contributed by atoms with Gasteiger partial charge < -0.3 is 16.2 Å². The molecule has 0 saturated heterocycles. The Kier molecular flexibility index (Phi) is 5.03. The van der Waals surface area contributed by atoms with E-state index in [-0.39, 0.29) is 10.5 Å². The maximum Gasteiger partial charge on any atom is 0.326 e. The van der Waals surface area contributed by atoms with Gasteiger partial charge >= 0.3 is 5.97 Å². The predicted octanol–water partition coefficient (Wildman–Crippen LogP) is -0.851. The SMILES string of the molecule is CS(=O)(=O)c1cccc(C(=O)N[C@H](CC(N)=O)C(=O)O)c1. The van der Waals surface area contributed by atoms with Gasteiger partial charge in [0, 0.05) is 11.8 Å². The highest BCUT2D eigenvalue weighted by Crippen LogP contribution is 2.11. The van der Waals surface area contributed by atoms with Crippen LogP contribution in [0, 0.1) is 0 Å². The number of amides is 2. The van der Waals surface area contributed by atoms with E-state index in [0.717, 1.165) is 12.3 Å². The number of benzene rings is 1. The highest BCUT2D eigenvalue weighted by Gasteiger charge is 2.23. The Morgan fingerprint density at radius 2 is 1.95 bits per heavy atom. The minimum atomic E-state index is -3.49. The maximum absolute atomic E-state index is 11.9. The molecule has 0 heterocycles. The third-order valence-corrected chi connectivity index (χ3v) is 3.64. The van der Waals surface area contributed by atoms with Crippen molar-refractivity contribution in [2.45, 2.75) is 17.4 Å². The Morgan fingerprint density at radius 3 is 2.43 bits per heavy atom. The summed E-state index contributed by atoms with van der Waals surface area (Å²) in [7, 11) is -3.49. The number of carboxylic acids is 1. The van der Waals surface area contributed by atoms with Crippen LogP contribution >= 0.6 is 0 Å². The molecule has 0 saturated carbocycles. The van der Waals surface area contributed by atoms with Crippen molar-refractivity contribution in [1.82, 2.24) is 5.32 Å². The lowest BCUT2D eigenvalue weighted by Gasteiger charge is -2.13. The zero-order chi connectivity index (χ0) is 16.2. The van der Waals surface area contributed by atoms with Crippen molar-refractivity contribution in [3.05, 3.63) is 29.8 Å². The molecule has 21 heavy (non-hydrogen) atoms. The number of hydrogen-bond acceptors (Lipinski definition) is 5. The van der Waals surface area contributed by atoms with Gasteiger partial charge in [-0.05, 0) is 18.2 Å². The van der Waals surface area contributed by atoms with E-state index in [9.17, 15) is 22.8 Å². The average molecular weight is 314 g/mol. The van der Waals surface area contributed by atoms with Gasteiger partial charge in [-0.2, -0.15) is 0 Å². The highest BCUT2D eigenvalue weighted by molar-refractivity contribution is 7.90. The number of sulfone groups is 1. The van der Waals surface area contributed by atoms with Crippen molar-refractivity contribution in [2.75, 3.05) is 6.26 Å². The van der Waals surface area contributed by atoms with Crippen LogP contribution in [0.25, 0.3) is 0 Å². The van der Waals surface area contributed by atoms with E-state index >= 15 is 0 Å². The molecule has 4 N–H and O–H groups in total. The molecule has 2 amide bonds. The molecule has 0 aliphatic rings. The second kappa shape index (κ2) is 6.35. The standard InChI is InChI=1S/C12H14N2O6S/c1-21(19,20)8-4-2-3-7(5-8)11(16)14-9(12(17)18)6-10(13)15/h2-5,9H,6H2,1H3,(H2,13,15)(H,14,16)(H,17,18)/t9-/m1/s1. The van der Waals surface area contributed by atoms with E-state index in [1.165, 1.54) is 18.2 Å². The van der Waals surface area contributed by atoms with Crippen molar-refractivity contribution in [1.29, 1.82) is 0 Å². The van der Waals surface area contributed by atoms with Gasteiger partial charge in [0.2, 0.25) is 5.91 Å². The summed E-state index contributed by atoms with van der Waals surface area (Å²) in [5.74, 6) is -3.11. The van der Waals surface area contributed by atoms with Crippen molar-refractivity contribution < 1.29 is 27.9 Å². The number of primary amides is 1. The molecule has 0 unspecified atom stereocenters. The van der Waals surface area contributed by atoms with Crippen LogP contribution in [0.2, 0.25) is 0 Å². The van der Waals surface area contributed by atoms with E-state index in [4.69, 9.17) is 10.8 Å². The Labute approximate surface area is 120 Å². The summed E-state index contributed by atoms with van der Waals surface area (Å²) in [5.41, 5.74) is 4.86. The summed E-state index contributed by atoms with van der Waals surface area (Å²) in [6.45, 7) is 0. The van der Waals surface area contributed by atoms with Crippen molar-refractivity contribution in [3.63, 3.8) is 0 Å². The Hall–Kier alpha value is -2.42. The lowest BCUT2D eigenvalue weighted by Crippen LogP contribution is -2.43. The van der Waals surface area contributed by atoms with Crippen molar-refractivity contribution in [3.8, 4) is 0 Å². The first-order valence-corrected chi connectivity index (χ1v) is 7.62. The van der Waals surface area contributed by atoms with Gasteiger partial charge in [-0.3, -0.25) is 9.59 Å². The van der Waals surface area contributed by atoms with Crippen LogP contribution in [0.5, 0.6) is 0 Å². The third-order valence-electron chi connectivity index (χ3n) is 2.53. The minimum Gasteiger partial charge on any atom is -0.480 e. The number of nitrogens with two attached hydrogens (primary N) is 1. The Morgan fingerprint density at radius 1 is 1.33 bits per heavy atom. The van der Waals surface area contributed by atoms with Crippen LogP contribution in [0.1, 0.15) is 16.8 Å². The topological polar surface area (TPSA) is 144 Å². The Bertz CT molecular complexity index is 683. The molecule has 0 spiro atoms. The smallest absolute Gasteiger partial charge is 0.326 e. The molecule has 1 aromatic rings. The molecule has 0 fully saturated rings. The summed E-state index contributed by atoms with van der Waals surface area (Å²) in [4.78, 5) is 33.5. The van der Waals surface area contributed by atoms with E-state index < -0.39 is 40.1 Å². The second-order valence-electron chi connectivity index (χ2n) is 4.33. The summed E-state index contributed by atoms with van der Waals surface area (Å²) >= 11 is 0. The fourth-order valence-corrected chi connectivity index (χ4v) is 2.18. The molecule has 0 aliphatic carbocycles. The molecule has 0 aliphatic heterocycles. The fourth-order valence-electron chi connectivity index (χ4n) is 1.51. The van der Waals surface area contributed by atoms with Crippen LogP contribution < -0.4 is 11.1 Å². The molecule has 1 aromatic carbocycles. The molecule has 0 bridgehead atoms. The minimum absolute atomic E-state index is 0.0337. The molecule has 1 rings (SSSR count). The van der Waals surface area contributed by atoms with Crippen LogP contribution in [0.3, 0.4) is 0 Å². The first-order chi connectivity index (χ1) is 9.61. The van der Waals surface area contributed by atoms with Crippen molar-refractivity contribution >= 4 is 27.6 Å². The lowest BCUT2D eigenvalue weighted by atomic mass is 10.1. The third kappa shape index (κ3) is 4.88. The van der Waals surface area contributed by atoms with Gasteiger partial charge in [0.1, 0.15) is 6.04 Å². The summed E-state index contributed by atoms with van der Waals surface area (Å²) in [5, 5.41) is 11.0. The van der Waals surface area contributed by atoms with E-state index in [1.54, 1.807) is 0 Å². The summed E-state index contributed by atoms with van der Waals surface area (Å²) in [6.07, 6.45) is 0.421. The normalized spacial score (nSPS) is 12.4. The zero-order valence-electron chi connectivity index (χ0n) is 11.1. The number of carbonyl (C=O) groups excluding carboxylic acids is 2. The van der Waals surface area contributed by atoms with Gasteiger partial charge in [0.05, 0.1) is 11.3 Å². The van der Waals surface area contributed by atoms with Crippen LogP contribution in [0.15, 0.2) is 29.2 Å².